The molecule has 3 amide bonds. The maximum atomic E-state index is 15.0. The lowest BCUT2D eigenvalue weighted by Gasteiger charge is -2.19. The van der Waals surface area contributed by atoms with Gasteiger partial charge in [0.15, 0.2) is 0 Å². The van der Waals surface area contributed by atoms with Gasteiger partial charge in [-0.2, -0.15) is 0 Å². The smallest absolute Gasteiger partial charge is 0.255 e. The van der Waals surface area contributed by atoms with E-state index in [2.05, 4.69) is 10.6 Å². The number of pyridine rings is 1. The number of nitrogens with zero attached hydrogens (tertiary/aromatic N) is 2. The molecule has 2 fully saturated rings. The van der Waals surface area contributed by atoms with E-state index < -0.39 is 35.4 Å². The Labute approximate surface area is 228 Å². The van der Waals surface area contributed by atoms with Gasteiger partial charge in [0.1, 0.15) is 5.82 Å². The molecule has 2 aromatic carbocycles. The van der Waals surface area contributed by atoms with Gasteiger partial charge in [0.05, 0.1) is 35.7 Å². The van der Waals surface area contributed by atoms with E-state index in [1.807, 2.05) is 0 Å². The monoisotopic (exact) mass is 552 g/mol. The number of amides is 3. The fourth-order valence-corrected chi connectivity index (χ4v) is 4.94. The maximum Gasteiger partial charge on any atom is 0.255 e. The van der Waals surface area contributed by atoms with Crippen LogP contribution in [0.15, 0.2) is 71.7 Å². The predicted molar refractivity (Wildman–Crippen MR) is 143 cm³/mol. The summed E-state index contributed by atoms with van der Waals surface area (Å²) in [5.41, 5.74) is 0.314. The van der Waals surface area contributed by atoms with Gasteiger partial charge in [-0.1, -0.05) is 17.7 Å². The molecule has 5 rings (SSSR count). The first-order valence-electron chi connectivity index (χ1n) is 12.5. The van der Waals surface area contributed by atoms with E-state index in [-0.39, 0.29) is 17.2 Å². The molecule has 2 heterocycles. The standard InChI is InChI=1S/C28H26ClFN4O5/c29-17-5-7-18(8-6-17)31-26(36)23-24(25(23)28(38)33-11-3-14-39-15-13-33)27(37)32-21-10-9-19(16-20(21)30)34-12-2-1-4-22(34)35/h1-2,4-10,12,16,23-25H,3,11,13-15H2,(H,31,36)(H,32,37)/t23-,24+,25+/m1/s1. The van der Waals surface area contributed by atoms with E-state index in [1.165, 1.54) is 29.0 Å². The van der Waals surface area contributed by atoms with Crippen molar-refractivity contribution in [2.45, 2.75) is 6.42 Å². The number of rotatable bonds is 6. The lowest BCUT2D eigenvalue weighted by molar-refractivity contribution is -0.135. The molecule has 1 saturated carbocycles. The molecule has 0 unspecified atom stereocenters. The lowest BCUT2D eigenvalue weighted by atomic mass is 10.2. The third-order valence-electron chi connectivity index (χ3n) is 6.87. The van der Waals surface area contributed by atoms with Gasteiger partial charge in [-0.15, -0.1) is 0 Å². The summed E-state index contributed by atoms with van der Waals surface area (Å²) in [7, 11) is 0. The molecule has 39 heavy (non-hydrogen) atoms. The Morgan fingerprint density at radius 3 is 2.36 bits per heavy atom. The molecule has 9 nitrogen and oxygen atoms in total. The Morgan fingerprint density at radius 2 is 1.64 bits per heavy atom. The SMILES string of the molecule is O=C(Nc1ccc(Cl)cc1)[C@@H]1[C@H](C(=O)Nc2ccc(-n3ccccc3=O)cc2F)[C@H]1C(=O)N1CCCOCC1. The van der Waals surface area contributed by atoms with Crippen molar-refractivity contribution in [1.82, 2.24) is 9.47 Å². The molecule has 3 atom stereocenters. The zero-order chi connectivity index (χ0) is 27.5. The van der Waals surface area contributed by atoms with Crippen LogP contribution in [-0.2, 0) is 19.1 Å². The van der Waals surface area contributed by atoms with Crippen LogP contribution >= 0.6 is 11.6 Å². The number of ether oxygens (including phenoxy) is 1. The van der Waals surface area contributed by atoms with Crippen LogP contribution in [0.1, 0.15) is 6.42 Å². The van der Waals surface area contributed by atoms with Crippen LogP contribution in [0.2, 0.25) is 5.02 Å². The van der Waals surface area contributed by atoms with Crippen LogP contribution < -0.4 is 16.2 Å². The van der Waals surface area contributed by atoms with Crippen LogP contribution in [0, 0.1) is 23.6 Å². The van der Waals surface area contributed by atoms with Crippen LogP contribution in [0.4, 0.5) is 15.8 Å². The fraction of sp³-hybridized carbons (Fsp3) is 0.286. The lowest BCUT2D eigenvalue weighted by Crippen LogP contribution is -2.36. The molecule has 3 aromatic rings. The molecule has 0 radical (unpaired) electrons. The van der Waals surface area contributed by atoms with Crippen molar-refractivity contribution in [2.75, 3.05) is 36.9 Å². The quantitative estimate of drug-likeness (QED) is 0.487. The first kappa shape index (κ1) is 26.6. The van der Waals surface area contributed by atoms with Crippen LogP contribution in [-0.4, -0.2) is 53.5 Å². The minimum atomic E-state index is -0.982. The number of hydrogen-bond donors (Lipinski definition) is 2. The van der Waals surface area contributed by atoms with Gasteiger partial charge in [-0.05, 0) is 48.9 Å². The minimum Gasteiger partial charge on any atom is -0.380 e. The summed E-state index contributed by atoms with van der Waals surface area (Å²) >= 11 is 5.92. The topological polar surface area (TPSA) is 110 Å². The number of anilines is 2. The highest BCUT2D eigenvalue weighted by Gasteiger charge is 2.63. The molecule has 0 spiro atoms. The maximum absolute atomic E-state index is 15.0. The molecule has 11 heteroatoms. The highest BCUT2D eigenvalue weighted by Crippen LogP contribution is 2.49. The minimum absolute atomic E-state index is 0.120. The number of halogens is 2. The van der Waals surface area contributed by atoms with E-state index in [0.29, 0.717) is 49.1 Å². The summed E-state index contributed by atoms with van der Waals surface area (Å²) in [5, 5.41) is 5.77. The zero-order valence-electron chi connectivity index (χ0n) is 20.8. The molecular formula is C28H26ClFN4O5. The summed E-state index contributed by atoms with van der Waals surface area (Å²) in [5.74, 6) is -4.99. The number of nitrogens with one attached hydrogen (secondary N) is 2. The summed E-state index contributed by atoms with van der Waals surface area (Å²) in [6.07, 6.45) is 2.16. The van der Waals surface area contributed by atoms with Gasteiger partial charge in [-0.25, -0.2) is 4.39 Å². The van der Waals surface area contributed by atoms with Crippen LogP contribution in [0.3, 0.4) is 0 Å². The summed E-state index contributed by atoms with van der Waals surface area (Å²) in [4.78, 5) is 53.5. The highest BCUT2D eigenvalue weighted by atomic mass is 35.5. The van der Waals surface area contributed by atoms with Crippen LogP contribution in [0.5, 0.6) is 0 Å². The van der Waals surface area contributed by atoms with Gasteiger partial charge in [0.2, 0.25) is 17.7 Å². The molecule has 202 valence electrons. The Balaban J connectivity index is 1.35. The zero-order valence-corrected chi connectivity index (χ0v) is 21.6. The van der Waals surface area contributed by atoms with Gasteiger partial charge < -0.3 is 20.3 Å². The fourth-order valence-electron chi connectivity index (χ4n) is 4.82. The molecule has 1 aliphatic heterocycles. The third-order valence-corrected chi connectivity index (χ3v) is 7.12. The van der Waals surface area contributed by atoms with E-state index in [0.717, 1.165) is 6.07 Å². The molecule has 1 aromatic heterocycles. The Morgan fingerprint density at radius 1 is 0.897 bits per heavy atom. The Kier molecular flexibility index (Phi) is 7.76. The number of carbonyl (C=O) groups excluding carboxylic acids is 3. The molecule has 2 N–H and O–H groups in total. The van der Waals surface area contributed by atoms with Crippen molar-refractivity contribution in [3.63, 3.8) is 0 Å². The van der Waals surface area contributed by atoms with Gasteiger partial charge in [0, 0.05) is 48.7 Å². The second-order valence-corrected chi connectivity index (χ2v) is 9.86. The summed E-state index contributed by atoms with van der Waals surface area (Å²) < 4.78 is 21.7. The van der Waals surface area contributed by atoms with E-state index in [1.54, 1.807) is 41.3 Å². The second kappa shape index (κ2) is 11.4. The molecule has 1 saturated heterocycles. The average Bonchev–Trinajstić information content (AvgIpc) is 3.72. The number of aromatic nitrogens is 1. The van der Waals surface area contributed by atoms with E-state index in [9.17, 15) is 23.6 Å². The largest absolute Gasteiger partial charge is 0.380 e. The van der Waals surface area contributed by atoms with Crippen molar-refractivity contribution in [3.05, 3.63) is 88.1 Å². The van der Waals surface area contributed by atoms with Crippen molar-refractivity contribution in [1.29, 1.82) is 0 Å². The van der Waals surface area contributed by atoms with E-state index in [4.69, 9.17) is 16.3 Å². The average molecular weight is 553 g/mol. The van der Waals surface area contributed by atoms with Gasteiger partial charge in [-0.3, -0.25) is 23.7 Å². The Bertz CT molecular complexity index is 1450. The van der Waals surface area contributed by atoms with Crippen molar-refractivity contribution >= 4 is 40.7 Å². The van der Waals surface area contributed by atoms with Crippen molar-refractivity contribution in [2.24, 2.45) is 17.8 Å². The van der Waals surface area contributed by atoms with Gasteiger partial charge >= 0.3 is 0 Å². The predicted octanol–water partition coefficient (Wildman–Crippen LogP) is 3.32. The first-order valence-corrected chi connectivity index (χ1v) is 12.9. The Hall–Kier alpha value is -4.02. The second-order valence-electron chi connectivity index (χ2n) is 9.43. The van der Waals surface area contributed by atoms with Crippen molar-refractivity contribution in [3.8, 4) is 5.69 Å². The summed E-state index contributed by atoms with van der Waals surface area (Å²) in [6.45, 7) is 1.73. The van der Waals surface area contributed by atoms with Gasteiger partial charge in [0.25, 0.3) is 5.56 Å². The highest BCUT2D eigenvalue weighted by molar-refractivity contribution is 6.30. The number of carbonyl (C=O) groups is 3. The molecule has 1 aliphatic carbocycles. The van der Waals surface area contributed by atoms with E-state index >= 15 is 0 Å². The normalized spacial score (nSPS) is 20.6. The van der Waals surface area contributed by atoms with Crippen molar-refractivity contribution < 1.29 is 23.5 Å². The first-order chi connectivity index (χ1) is 18.8. The molecular weight excluding hydrogens is 527 g/mol. The molecule has 0 bridgehead atoms. The third kappa shape index (κ3) is 5.86. The molecule has 2 aliphatic rings. The number of benzene rings is 2. The summed E-state index contributed by atoms with van der Waals surface area (Å²) in [6, 6.07) is 15.0. The number of hydrogen-bond acceptors (Lipinski definition) is 5. The van der Waals surface area contributed by atoms with Crippen LogP contribution in [0.25, 0.3) is 5.69 Å².